The van der Waals surface area contributed by atoms with Gasteiger partial charge in [-0.25, -0.2) is 9.97 Å². The minimum absolute atomic E-state index is 0.217. The number of nitrogens with zero attached hydrogens (tertiary/aromatic N) is 2. The molecular formula is C11H18ClN3OS. The zero-order valence-electron chi connectivity index (χ0n) is 10.4. The number of hydrogen-bond donors (Lipinski definition) is 1. The zero-order chi connectivity index (χ0) is 12.8. The molecule has 0 aliphatic heterocycles. The van der Waals surface area contributed by atoms with Gasteiger partial charge in [-0.15, -0.1) is 0 Å². The molecule has 1 aromatic rings. The molecule has 0 saturated carbocycles. The van der Waals surface area contributed by atoms with Crippen LogP contribution >= 0.6 is 11.6 Å². The van der Waals surface area contributed by atoms with Crippen LogP contribution in [0.5, 0.6) is 0 Å². The predicted molar refractivity (Wildman–Crippen MR) is 73.1 cm³/mol. The van der Waals surface area contributed by atoms with Crippen molar-refractivity contribution >= 4 is 28.2 Å². The van der Waals surface area contributed by atoms with Gasteiger partial charge in [0.2, 0.25) is 0 Å². The highest BCUT2D eigenvalue weighted by atomic mass is 35.5. The molecule has 96 valence electrons. The third-order valence-corrected chi connectivity index (χ3v) is 3.29. The molecule has 0 amide bonds. The van der Waals surface area contributed by atoms with Crippen molar-refractivity contribution in [1.82, 2.24) is 9.97 Å². The minimum atomic E-state index is -0.753. The summed E-state index contributed by atoms with van der Waals surface area (Å²) in [6.45, 7) is 4.02. The normalized spacial score (nSPS) is 14.4. The summed E-state index contributed by atoms with van der Waals surface area (Å²) in [5.74, 6) is 2.15. The topological polar surface area (TPSA) is 54.9 Å². The molecule has 1 aromatic heterocycles. The van der Waals surface area contributed by atoms with E-state index >= 15 is 0 Å². The van der Waals surface area contributed by atoms with E-state index in [0.717, 1.165) is 24.5 Å². The fourth-order valence-corrected chi connectivity index (χ4v) is 2.25. The zero-order valence-corrected chi connectivity index (χ0v) is 11.9. The Kier molecular flexibility index (Phi) is 5.85. The predicted octanol–water partition coefficient (Wildman–Crippen LogP) is 2.26. The van der Waals surface area contributed by atoms with Crippen molar-refractivity contribution < 1.29 is 4.21 Å². The number of anilines is 1. The van der Waals surface area contributed by atoms with Crippen LogP contribution in [-0.4, -0.2) is 32.2 Å². The lowest BCUT2D eigenvalue weighted by Crippen LogP contribution is -2.19. The maximum atomic E-state index is 11.0. The molecule has 0 aliphatic carbocycles. The summed E-state index contributed by atoms with van der Waals surface area (Å²) in [4.78, 5) is 8.44. The third-order valence-electron chi connectivity index (χ3n) is 2.29. The van der Waals surface area contributed by atoms with Crippen molar-refractivity contribution in [2.75, 3.05) is 17.3 Å². The monoisotopic (exact) mass is 275 g/mol. The summed E-state index contributed by atoms with van der Waals surface area (Å²) in [6, 6.07) is 1.93. The number of halogens is 1. The smallest absolute Gasteiger partial charge is 0.134 e. The fourth-order valence-electron chi connectivity index (χ4n) is 1.36. The highest BCUT2D eigenvalue weighted by Gasteiger charge is 2.06. The molecule has 1 N–H and O–H groups in total. The molecule has 0 saturated heterocycles. The summed E-state index contributed by atoms with van der Waals surface area (Å²) in [5, 5.41) is 3.69. The van der Waals surface area contributed by atoms with E-state index < -0.39 is 10.8 Å². The van der Waals surface area contributed by atoms with Crippen molar-refractivity contribution in [3.63, 3.8) is 0 Å². The molecule has 0 aromatic carbocycles. The highest BCUT2D eigenvalue weighted by molar-refractivity contribution is 7.84. The number of aromatic nitrogens is 2. The largest absolute Gasteiger partial charge is 0.367 e. The molecule has 17 heavy (non-hydrogen) atoms. The van der Waals surface area contributed by atoms with Gasteiger partial charge in [0.25, 0.3) is 0 Å². The standard InChI is InChI=1S/C11H18ClN3OS/c1-4-10-14-9(12)7-11(15-10)13-8(2)5-6-17(3)16/h7-8H,4-6H2,1-3H3,(H,13,14,15). The second-order valence-electron chi connectivity index (χ2n) is 3.96. The second kappa shape index (κ2) is 6.91. The van der Waals surface area contributed by atoms with E-state index in [1.54, 1.807) is 12.3 Å². The molecule has 1 rings (SSSR count). The first-order valence-electron chi connectivity index (χ1n) is 5.61. The minimum Gasteiger partial charge on any atom is -0.367 e. The fraction of sp³-hybridized carbons (Fsp3) is 0.636. The average Bonchev–Trinajstić information content (AvgIpc) is 2.25. The quantitative estimate of drug-likeness (QED) is 0.809. The molecule has 0 bridgehead atoms. The second-order valence-corrected chi connectivity index (χ2v) is 5.90. The van der Waals surface area contributed by atoms with Crippen LogP contribution in [0.4, 0.5) is 5.82 Å². The van der Waals surface area contributed by atoms with E-state index in [9.17, 15) is 4.21 Å². The van der Waals surface area contributed by atoms with Crippen LogP contribution < -0.4 is 5.32 Å². The first-order valence-corrected chi connectivity index (χ1v) is 7.71. The Hall–Kier alpha value is -0.680. The molecule has 0 spiro atoms. The van der Waals surface area contributed by atoms with Crippen LogP contribution in [-0.2, 0) is 17.2 Å². The van der Waals surface area contributed by atoms with Crippen molar-refractivity contribution in [1.29, 1.82) is 0 Å². The molecule has 0 aliphatic rings. The Balaban J connectivity index is 2.61. The molecular weight excluding hydrogens is 258 g/mol. The van der Waals surface area contributed by atoms with Gasteiger partial charge in [0.1, 0.15) is 16.8 Å². The third kappa shape index (κ3) is 5.46. The molecule has 0 radical (unpaired) electrons. The SMILES string of the molecule is CCc1nc(Cl)cc(NC(C)CCS(C)=O)n1. The van der Waals surface area contributed by atoms with Crippen LogP contribution in [0.3, 0.4) is 0 Å². The van der Waals surface area contributed by atoms with Gasteiger partial charge < -0.3 is 5.32 Å². The van der Waals surface area contributed by atoms with Gasteiger partial charge in [-0.2, -0.15) is 0 Å². The van der Waals surface area contributed by atoms with Gasteiger partial charge >= 0.3 is 0 Å². The molecule has 2 unspecified atom stereocenters. The van der Waals surface area contributed by atoms with E-state index in [4.69, 9.17) is 11.6 Å². The van der Waals surface area contributed by atoms with Crippen LogP contribution in [0.25, 0.3) is 0 Å². The van der Waals surface area contributed by atoms with Gasteiger partial charge in [0, 0.05) is 41.3 Å². The first kappa shape index (κ1) is 14.4. The van der Waals surface area contributed by atoms with E-state index in [0.29, 0.717) is 10.9 Å². The summed E-state index contributed by atoms with van der Waals surface area (Å²) in [5.41, 5.74) is 0. The maximum Gasteiger partial charge on any atom is 0.134 e. The Morgan fingerprint density at radius 1 is 1.53 bits per heavy atom. The summed E-state index contributed by atoms with van der Waals surface area (Å²) in [6.07, 6.45) is 3.30. The molecule has 1 heterocycles. The lowest BCUT2D eigenvalue weighted by atomic mass is 10.2. The van der Waals surface area contributed by atoms with Gasteiger partial charge in [-0.3, -0.25) is 4.21 Å². The Bertz CT molecular complexity index is 400. The van der Waals surface area contributed by atoms with Gasteiger partial charge in [0.05, 0.1) is 0 Å². The van der Waals surface area contributed by atoms with Crippen molar-refractivity contribution in [2.45, 2.75) is 32.7 Å². The number of hydrogen-bond acceptors (Lipinski definition) is 4. The van der Waals surface area contributed by atoms with E-state index in [1.807, 2.05) is 13.8 Å². The number of rotatable bonds is 6. The Labute approximate surface area is 110 Å². The van der Waals surface area contributed by atoms with Gasteiger partial charge in [0.15, 0.2) is 0 Å². The van der Waals surface area contributed by atoms with Crippen LogP contribution in [0.15, 0.2) is 6.07 Å². The summed E-state index contributed by atoms with van der Waals surface area (Å²) < 4.78 is 11.0. The van der Waals surface area contributed by atoms with Crippen LogP contribution in [0.1, 0.15) is 26.1 Å². The molecule has 0 fully saturated rings. The van der Waals surface area contributed by atoms with E-state index in [1.165, 1.54) is 0 Å². The van der Waals surface area contributed by atoms with E-state index in [-0.39, 0.29) is 6.04 Å². The van der Waals surface area contributed by atoms with Crippen LogP contribution in [0.2, 0.25) is 5.15 Å². The first-order chi connectivity index (χ1) is 8.01. The van der Waals surface area contributed by atoms with Gasteiger partial charge in [-0.05, 0) is 13.3 Å². The molecule has 6 heteroatoms. The summed E-state index contributed by atoms with van der Waals surface area (Å²) >= 11 is 5.90. The maximum absolute atomic E-state index is 11.0. The van der Waals surface area contributed by atoms with Crippen molar-refractivity contribution in [3.05, 3.63) is 17.0 Å². The Morgan fingerprint density at radius 3 is 2.82 bits per heavy atom. The average molecular weight is 276 g/mol. The lowest BCUT2D eigenvalue weighted by molar-refractivity contribution is 0.678. The van der Waals surface area contributed by atoms with Crippen molar-refractivity contribution in [3.8, 4) is 0 Å². The highest BCUT2D eigenvalue weighted by Crippen LogP contribution is 2.13. The lowest BCUT2D eigenvalue weighted by Gasteiger charge is -2.14. The summed E-state index contributed by atoms with van der Waals surface area (Å²) in [7, 11) is -0.753. The van der Waals surface area contributed by atoms with E-state index in [2.05, 4.69) is 15.3 Å². The Morgan fingerprint density at radius 2 is 2.24 bits per heavy atom. The molecule has 4 nitrogen and oxygen atoms in total. The van der Waals surface area contributed by atoms with Crippen molar-refractivity contribution in [2.24, 2.45) is 0 Å². The van der Waals surface area contributed by atoms with Gasteiger partial charge in [-0.1, -0.05) is 18.5 Å². The molecule has 2 atom stereocenters. The van der Waals surface area contributed by atoms with Crippen LogP contribution in [0, 0.1) is 0 Å². The number of aryl methyl sites for hydroxylation is 1. The number of nitrogens with one attached hydrogen (secondary N) is 1.